The minimum absolute atomic E-state index is 0. The molecule has 8 aromatic rings. The van der Waals surface area contributed by atoms with E-state index in [0.717, 1.165) is 65.3 Å². The molecule has 0 unspecified atom stereocenters. The molecule has 8 rings (SSSR count). The van der Waals surface area contributed by atoms with Crippen molar-refractivity contribution in [1.29, 1.82) is 0 Å². The molecule has 4 aromatic carbocycles. The Kier molecular flexibility index (Phi) is 18.9. The second kappa shape index (κ2) is 23.0. The summed E-state index contributed by atoms with van der Waals surface area (Å²) in [5.74, 6) is -0.969. The van der Waals surface area contributed by atoms with Gasteiger partial charge in [0.25, 0.3) is 11.9 Å². The van der Waals surface area contributed by atoms with Gasteiger partial charge in [-0.25, -0.2) is 19.9 Å². The van der Waals surface area contributed by atoms with E-state index in [2.05, 4.69) is 19.9 Å². The van der Waals surface area contributed by atoms with Crippen molar-refractivity contribution < 1.29 is 78.3 Å². The summed E-state index contributed by atoms with van der Waals surface area (Å²) in [6.45, 7) is 2.17. The summed E-state index contributed by atoms with van der Waals surface area (Å²) in [5, 5.41) is 65.1. The number of hydrogen-bond donors (Lipinski definition) is 7. The molecule has 13 nitrogen and oxygen atoms in total. The number of phenols is 4. The standard InChI is InChI=1S/2C19H14N2O2.2C2H4O2.CH4O.2Ni/c2*22-16-5-1-3-12-7-9-14(20-18(12)16)11-15-10-8-13-4-2-6-17(23)19(13)21-15;2*1-2(3)4;1-2;;/h2*1-10,22-23H,11H2;2*1H3,(H,3,4);2H,1H3;;. The van der Waals surface area contributed by atoms with Crippen LogP contribution in [0.3, 0.4) is 0 Å². The molecule has 4 heterocycles. The van der Waals surface area contributed by atoms with E-state index in [9.17, 15) is 20.4 Å². The van der Waals surface area contributed by atoms with Gasteiger partial charge in [-0.1, -0.05) is 72.8 Å². The number of aliphatic hydroxyl groups excluding tert-OH is 1. The zero-order valence-corrected chi connectivity index (χ0v) is 33.3. The summed E-state index contributed by atoms with van der Waals surface area (Å²) < 4.78 is 0. The number of aromatic nitrogens is 4. The summed E-state index contributed by atoms with van der Waals surface area (Å²) in [4.78, 5) is 36.1. The fourth-order valence-corrected chi connectivity index (χ4v) is 5.45. The van der Waals surface area contributed by atoms with Crippen molar-refractivity contribution in [2.75, 3.05) is 7.11 Å². The summed E-state index contributed by atoms with van der Waals surface area (Å²) in [6, 6.07) is 36.9. The van der Waals surface area contributed by atoms with Gasteiger partial charge in [0.05, 0.1) is 0 Å². The number of benzene rings is 4. The predicted molar refractivity (Wildman–Crippen MR) is 214 cm³/mol. The van der Waals surface area contributed by atoms with Gasteiger partial charge in [-0.05, 0) is 48.5 Å². The SMILES string of the molecule is CC(=O)O.CC(=O)O.CO.Oc1cccc2ccc(Cc3ccc4cccc(O)c4n3)nc12.Oc1cccc2ccc(Cc3ccc4cccc(O)c4n3)nc12.[Ni].[Ni]. The van der Waals surface area contributed by atoms with Crippen LogP contribution in [-0.4, -0.2) is 74.7 Å². The third-order valence-corrected chi connectivity index (χ3v) is 7.75. The van der Waals surface area contributed by atoms with Gasteiger partial charge in [0, 0.05) is 111 Å². The van der Waals surface area contributed by atoms with Crippen LogP contribution in [0.25, 0.3) is 43.6 Å². The van der Waals surface area contributed by atoms with Crippen LogP contribution in [0.5, 0.6) is 23.0 Å². The Hall–Kier alpha value is -6.39. The molecule has 0 spiro atoms. The van der Waals surface area contributed by atoms with Gasteiger partial charge in [0.1, 0.15) is 45.1 Å². The van der Waals surface area contributed by atoms with Crippen LogP contribution >= 0.6 is 0 Å². The maximum absolute atomic E-state index is 9.93. The summed E-state index contributed by atoms with van der Waals surface area (Å²) in [5.41, 5.74) is 5.65. The van der Waals surface area contributed by atoms with E-state index < -0.39 is 11.9 Å². The number of carboxylic acid groups (broad SMARTS) is 2. The maximum atomic E-state index is 9.93. The predicted octanol–water partition coefficient (Wildman–Crippen LogP) is 7.36. The van der Waals surface area contributed by atoms with E-state index in [1.54, 1.807) is 48.5 Å². The van der Waals surface area contributed by atoms with Gasteiger partial charge < -0.3 is 35.7 Å². The van der Waals surface area contributed by atoms with Crippen molar-refractivity contribution in [3.8, 4) is 23.0 Å². The minimum Gasteiger partial charge on any atom is -0.506 e. The Labute approximate surface area is 353 Å². The number of aromatic hydroxyl groups is 4. The molecule has 0 saturated carbocycles. The molecule has 15 heteroatoms. The number of hydrogen-bond acceptors (Lipinski definition) is 11. The van der Waals surface area contributed by atoms with Crippen molar-refractivity contribution in [2.45, 2.75) is 26.7 Å². The summed E-state index contributed by atoms with van der Waals surface area (Å²) >= 11 is 0. The fourth-order valence-electron chi connectivity index (χ4n) is 5.45. The summed E-state index contributed by atoms with van der Waals surface area (Å²) in [6.07, 6.45) is 1.07. The van der Waals surface area contributed by atoms with Crippen molar-refractivity contribution in [3.63, 3.8) is 0 Å². The maximum Gasteiger partial charge on any atom is 0.300 e. The molecule has 306 valence electrons. The molecule has 0 bridgehead atoms. The zero-order chi connectivity index (χ0) is 40.8. The Morgan fingerprint density at radius 1 is 0.397 bits per heavy atom. The number of pyridine rings is 4. The van der Waals surface area contributed by atoms with Crippen molar-refractivity contribution in [2.24, 2.45) is 0 Å². The molecule has 0 radical (unpaired) electrons. The van der Waals surface area contributed by atoms with Crippen molar-refractivity contribution in [3.05, 3.63) is 144 Å². The molecular weight excluding hydrogens is 834 g/mol. The molecule has 0 aliphatic heterocycles. The Bertz CT molecular complexity index is 2270. The topological polar surface area (TPSA) is 227 Å². The molecular formula is C43H40N4Ni2O9. The Morgan fingerprint density at radius 2 is 0.586 bits per heavy atom. The van der Waals surface area contributed by atoms with E-state index >= 15 is 0 Å². The molecule has 0 saturated heterocycles. The normalized spacial score (nSPS) is 9.79. The first-order chi connectivity index (χ1) is 26.9. The number of rotatable bonds is 4. The molecule has 0 aliphatic rings. The van der Waals surface area contributed by atoms with Gasteiger partial charge in [0.2, 0.25) is 0 Å². The van der Waals surface area contributed by atoms with E-state index in [1.807, 2.05) is 72.8 Å². The molecule has 0 amide bonds. The van der Waals surface area contributed by atoms with Crippen molar-refractivity contribution in [1.82, 2.24) is 19.9 Å². The molecule has 58 heavy (non-hydrogen) atoms. The second-order valence-electron chi connectivity index (χ2n) is 12.0. The van der Waals surface area contributed by atoms with Crippen LogP contribution < -0.4 is 0 Å². The molecule has 4 aromatic heterocycles. The van der Waals surface area contributed by atoms with Crippen LogP contribution in [0.4, 0.5) is 0 Å². The van der Waals surface area contributed by atoms with Crippen LogP contribution in [0, 0.1) is 0 Å². The number of aliphatic carboxylic acids is 2. The third kappa shape index (κ3) is 13.4. The number of aliphatic hydroxyl groups is 1. The van der Waals surface area contributed by atoms with E-state index in [1.165, 1.54) is 0 Å². The van der Waals surface area contributed by atoms with Crippen LogP contribution in [-0.2, 0) is 55.4 Å². The average molecular weight is 874 g/mol. The zero-order valence-electron chi connectivity index (χ0n) is 31.3. The van der Waals surface area contributed by atoms with Gasteiger partial charge in [0.15, 0.2) is 0 Å². The first-order valence-corrected chi connectivity index (χ1v) is 17.0. The fraction of sp³-hybridized carbons (Fsp3) is 0.116. The number of nitrogens with zero attached hydrogens (tertiary/aromatic N) is 4. The largest absolute Gasteiger partial charge is 0.506 e. The van der Waals surface area contributed by atoms with Gasteiger partial charge in [-0.15, -0.1) is 0 Å². The van der Waals surface area contributed by atoms with E-state index in [-0.39, 0.29) is 56.0 Å². The molecule has 0 fully saturated rings. The molecule has 0 aliphatic carbocycles. The number of fused-ring (bicyclic) bond motifs is 4. The number of carbonyl (C=O) groups is 2. The monoisotopic (exact) mass is 872 g/mol. The van der Waals surface area contributed by atoms with Crippen LogP contribution in [0.2, 0.25) is 0 Å². The van der Waals surface area contributed by atoms with Gasteiger partial charge in [-0.3, -0.25) is 9.59 Å². The smallest absolute Gasteiger partial charge is 0.300 e. The quantitative estimate of drug-likeness (QED) is 0.0860. The summed E-state index contributed by atoms with van der Waals surface area (Å²) in [7, 11) is 1.00. The average Bonchev–Trinajstić information content (AvgIpc) is 3.17. The van der Waals surface area contributed by atoms with Crippen LogP contribution in [0.1, 0.15) is 36.6 Å². The van der Waals surface area contributed by atoms with E-state index in [0.29, 0.717) is 34.9 Å². The molecule has 7 N–H and O–H groups in total. The Morgan fingerprint density at radius 3 is 0.776 bits per heavy atom. The molecule has 0 atom stereocenters. The van der Waals surface area contributed by atoms with Gasteiger partial charge >= 0.3 is 0 Å². The first kappa shape index (κ1) is 47.8. The first-order valence-electron chi connectivity index (χ1n) is 17.0. The second-order valence-corrected chi connectivity index (χ2v) is 12.0. The number of phenolic OH excluding ortho intramolecular Hbond substituents is 4. The van der Waals surface area contributed by atoms with Crippen LogP contribution in [0.15, 0.2) is 121 Å². The van der Waals surface area contributed by atoms with E-state index in [4.69, 9.17) is 24.9 Å². The third-order valence-electron chi connectivity index (χ3n) is 7.75. The van der Waals surface area contributed by atoms with Crippen molar-refractivity contribution >= 4 is 55.6 Å². The van der Waals surface area contributed by atoms with Gasteiger partial charge in [-0.2, -0.15) is 0 Å². The number of carboxylic acids is 2. The minimum atomic E-state index is -0.833. The number of para-hydroxylation sites is 4. The Balaban J connectivity index is 0.000000318.